The van der Waals surface area contributed by atoms with E-state index in [0.29, 0.717) is 51.6 Å². The Morgan fingerprint density at radius 3 is 2.48 bits per heavy atom. The Bertz CT molecular complexity index is 663. The van der Waals surface area contributed by atoms with Crippen LogP contribution in [0.2, 0.25) is 0 Å². The second-order valence-electron chi connectivity index (χ2n) is 7.14. The zero-order valence-corrected chi connectivity index (χ0v) is 15.0. The lowest BCUT2D eigenvalue weighted by molar-refractivity contribution is -0.141. The van der Waals surface area contributed by atoms with Crippen LogP contribution in [-0.2, 0) is 20.8 Å². The Morgan fingerprint density at radius 2 is 1.84 bits per heavy atom. The molecule has 7 heteroatoms. The summed E-state index contributed by atoms with van der Waals surface area (Å²) in [4.78, 5) is 43.8. The van der Waals surface area contributed by atoms with E-state index < -0.39 is 0 Å². The van der Waals surface area contributed by atoms with Crippen LogP contribution in [0.3, 0.4) is 0 Å². The summed E-state index contributed by atoms with van der Waals surface area (Å²) in [5.41, 5.74) is 0. The highest BCUT2D eigenvalue weighted by Crippen LogP contribution is 2.33. The van der Waals surface area contributed by atoms with E-state index in [1.54, 1.807) is 11.3 Å². The standard InChI is InChI=1S/C18H23N3O3S/c22-16(11-15-2-1-9-25-15)19-5-7-20(8-6-19)18(24)13-10-17(23)21(12-13)14-3-4-14/h1-2,9,13-14H,3-8,10-12H2. The molecule has 2 saturated heterocycles. The van der Waals surface area contributed by atoms with Crippen molar-refractivity contribution in [3.05, 3.63) is 22.4 Å². The average molecular weight is 361 g/mol. The number of amides is 3. The molecule has 3 aliphatic rings. The highest BCUT2D eigenvalue weighted by molar-refractivity contribution is 7.10. The Balaban J connectivity index is 1.27. The van der Waals surface area contributed by atoms with Gasteiger partial charge in [-0.05, 0) is 24.3 Å². The fraction of sp³-hybridized carbons (Fsp3) is 0.611. The molecule has 3 heterocycles. The molecule has 2 aliphatic heterocycles. The molecule has 1 atom stereocenters. The van der Waals surface area contributed by atoms with E-state index >= 15 is 0 Å². The van der Waals surface area contributed by atoms with Crippen LogP contribution in [0, 0.1) is 5.92 Å². The van der Waals surface area contributed by atoms with Crippen LogP contribution in [0.15, 0.2) is 17.5 Å². The van der Waals surface area contributed by atoms with Gasteiger partial charge >= 0.3 is 0 Å². The zero-order chi connectivity index (χ0) is 17.4. The topological polar surface area (TPSA) is 60.9 Å². The number of hydrogen-bond donors (Lipinski definition) is 0. The van der Waals surface area contributed by atoms with Gasteiger partial charge in [0.25, 0.3) is 0 Å². The Kier molecular flexibility index (Phi) is 4.50. The van der Waals surface area contributed by atoms with Gasteiger partial charge in [0.05, 0.1) is 12.3 Å². The minimum Gasteiger partial charge on any atom is -0.339 e. The molecule has 1 unspecified atom stereocenters. The number of piperazine rings is 1. The summed E-state index contributed by atoms with van der Waals surface area (Å²) in [5.74, 6) is 0.152. The van der Waals surface area contributed by atoms with Gasteiger partial charge < -0.3 is 14.7 Å². The Hall–Kier alpha value is -1.89. The van der Waals surface area contributed by atoms with Crippen molar-refractivity contribution >= 4 is 29.1 Å². The van der Waals surface area contributed by atoms with Crippen LogP contribution >= 0.6 is 11.3 Å². The number of carbonyl (C=O) groups is 3. The summed E-state index contributed by atoms with van der Waals surface area (Å²) in [7, 11) is 0. The summed E-state index contributed by atoms with van der Waals surface area (Å²) in [6.07, 6.45) is 2.96. The minimum atomic E-state index is -0.193. The molecule has 25 heavy (non-hydrogen) atoms. The Morgan fingerprint density at radius 1 is 1.12 bits per heavy atom. The van der Waals surface area contributed by atoms with Gasteiger partial charge in [0.15, 0.2) is 0 Å². The molecule has 3 fully saturated rings. The SMILES string of the molecule is O=C(Cc1cccs1)N1CCN(C(=O)C2CC(=O)N(C3CC3)C2)CC1. The van der Waals surface area contributed by atoms with Crippen LogP contribution in [0.5, 0.6) is 0 Å². The second kappa shape index (κ2) is 6.78. The molecular weight excluding hydrogens is 338 g/mol. The van der Waals surface area contributed by atoms with Gasteiger partial charge in [-0.15, -0.1) is 11.3 Å². The summed E-state index contributed by atoms with van der Waals surface area (Å²) in [6, 6.07) is 4.32. The number of hydrogen-bond acceptors (Lipinski definition) is 4. The quantitative estimate of drug-likeness (QED) is 0.803. The fourth-order valence-corrected chi connectivity index (χ4v) is 4.44. The molecule has 1 aromatic rings. The molecule has 0 aromatic carbocycles. The molecule has 1 aromatic heterocycles. The van der Waals surface area contributed by atoms with Crippen molar-refractivity contribution in [1.82, 2.24) is 14.7 Å². The van der Waals surface area contributed by atoms with E-state index in [9.17, 15) is 14.4 Å². The third-order valence-corrected chi connectivity index (χ3v) is 6.22. The summed E-state index contributed by atoms with van der Waals surface area (Å²) >= 11 is 1.60. The lowest BCUT2D eigenvalue weighted by Gasteiger charge is -2.36. The van der Waals surface area contributed by atoms with E-state index in [1.807, 2.05) is 32.2 Å². The van der Waals surface area contributed by atoms with E-state index in [2.05, 4.69) is 0 Å². The molecule has 1 aliphatic carbocycles. The van der Waals surface area contributed by atoms with Gasteiger partial charge in [-0.2, -0.15) is 0 Å². The van der Waals surface area contributed by atoms with Crippen molar-refractivity contribution in [3.8, 4) is 0 Å². The fourth-order valence-electron chi connectivity index (χ4n) is 3.74. The van der Waals surface area contributed by atoms with Crippen LogP contribution in [0.25, 0.3) is 0 Å². The van der Waals surface area contributed by atoms with Crippen LogP contribution in [-0.4, -0.2) is 71.2 Å². The van der Waals surface area contributed by atoms with Crippen LogP contribution < -0.4 is 0 Å². The van der Waals surface area contributed by atoms with Gasteiger partial charge in [-0.3, -0.25) is 14.4 Å². The van der Waals surface area contributed by atoms with E-state index in [-0.39, 0.29) is 23.6 Å². The maximum atomic E-state index is 12.7. The molecular formula is C18H23N3O3S. The predicted molar refractivity (Wildman–Crippen MR) is 94.0 cm³/mol. The van der Waals surface area contributed by atoms with Gasteiger partial charge in [0.1, 0.15) is 0 Å². The number of likely N-dealkylation sites (tertiary alicyclic amines) is 1. The van der Waals surface area contributed by atoms with Crippen LogP contribution in [0.4, 0.5) is 0 Å². The molecule has 0 spiro atoms. The van der Waals surface area contributed by atoms with E-state index in [0.717, 1.165) is 17.7 Å². The first kappa shape index (κ1) is 16.6. The van der Waals surface area contributed by atoms with Crippen molar-refractivity contribution in [2.75, 3.05) is 32.7 Å². The molecule has 0 radical (unpaired) electrons. The summed E-state index contributed by atoms with van der Waals surface area (Å²) in [6.45, 7) is 2.90. The molecule has 1 saturated carbocycles. The largest absolute Gasteiger partial charge is 0.339 e. The summed E-state index contributed by atoms with van der Waals surface area (Å²) < 4.78 is 0. The van der Waals surface area contributed by atoms with Crippen molar-refractivity contribution in [3.63, 3.8) is 0 Å². The lowest BCUT2D eigenvalue weighted by Crippen LogP contribution is -2.52. The number of carbonyl (C=O) groups excluding carboxylic acids is 3. The van der Waals surface area contributed by atoms with Gasteiger partial charge in [0.2, 0.25) is 17.7 Å². The molecule has 0 bridgehead atoms. The molecule has 134 valence electrons. The van der Waals surface area contributed by atoms with Crippen molar-refractivity contribution < 1.29 is 14.4 Å². The van der Waals surface area contributed by atoms with E-state index in [4.69, 9.17) is 0 Å². The first-order valence-corrected chi connectivity index (χ1v) is 9.88. The first-order valence-electron chi connectivity index (χ1n) is 9.00. The molecule has 4 rings (SSSR count). The highest BCUT2D eigenvalue weighted by Gasteiger charge is 2.43. The van der Waals surface area contributed by atoms with Crippen molar-refractivity contribution in [1.29, 1.82) is 0 Å². The molecule has 0 N–H and O–H groups in total. The zero-order valence-electron chi connectivity index (χ0n) is 14.2. The predicted octanol–water partition coefficient (Wildman–Crippen LogP) is 0.972. The summed E-state index contributed by atoms with van der Waals surface area (Å²) in [5, 5.41) is 1.98. The van der Waals surface area contributed by atoms with Gasteiger partial charge in [-0.25, -0.2) is 0 Å². The monoisotopic (exact) mass is 361 g/mol. The molecule has 6 nitrogen and oxygen atoms in total. The first-order chi connectivity index (χ1) is 12.1. The maximum absolute atomic E-state index is 12.7. The van der Waals surface area contributed by atoms with Gasteiger partial charge in [0, 0.05) is 50.1 Å². The second-order valence-corrected chi connectivity index (χ2v) is 8.17. The van der Waals surface area contributed by atoms with Crippen LogP contribution in [0.1, 0.15) is 24.1 Å². The third kappa shape index (κ3) is 3.56. The lowest BCUT2D eigenvalue weighted by atomic mass is 10.1. The maximum Gasteiger partial charge on any atom is 0.228 e. The van der Waals surface area contributed by atoms with Gasteiger partial charge in [-0.1, -0.05) is 6.07 Å². The smallest absolute Gasteiger partial charge is 0.228 e. The highest BCUT2D eigenvalue weighted by atomic mass is 32.1. The number of rotatable bonds is 4. The average Bonchev–Trinajstić information content (AvgIpc) is 3.20. The van der Waals surface area contributed by atoms with Crippen molar-refractivity contribution in [2.45, 2.75) is 31.7 Å². The van der Waals surface area contributed by atoms with E-state index in [1.165, 1.54) is 0 Å². The minimum absolute atomic E-state index is 0.0851. The Labute approximate surface area is 151 Å². The third-order valence-electron chi connectivity index (χ3n) is 5.34. The normalized spacial score (nSPS) is 24.1. The number of nitrogens with zero attached hydrogens (tertiary/aromatic N) is 3. The molecule has 3 amide bonds. The number of thiophene rings is 1. The van der Waals surface area contributed by atoms with Crippen molar-refractivity contribution in [2.24, 2.45) is 5.92 Å².